The van der Waals surface area contributed by atoms with Crippen molar-refractivity contribution in [3.05, 3.63) is 34.2 Å². The molecule has 0 unspecified atom stereocenters. The van der Waals surface area contributed by atoms with Gasteiger partial charge in [-0.1, -0.05) is 6.07 Å². The first-order chi connectivity index (χ1) is 12.0. The van der Waals surface area contributed by atoms with Crippen molar-refractivity contribution >= 4 is 22.9 Å². The molecule has 2 aromatic heterocycles. The fourth-order valence-electron chi connectivity index (χ4n) is 2.73. The van der Waals surface area contributed by atoms with Crippen LogP contribution >= 0.6 is 0 Å². The van der Waals surface area contributed by atoms with Crippen LogP contribution in [0.4, 0.5) is 11.8 Å². The lowest BCUT2D eigenvalue weighted by Gasteiger charge is -2.10. The zero-order chi connectivity index (χ0) is 18.1. The normalized spacial score (nSPS) is 10.9. The number of nitrogens with zero attached hydrogens (tertiary/aromatic N) is 4. The van der Waals surface area contributed by atoms with Crippen LogP contribution in [-0.2, 0) is 13.6 Å². The number of hydrogen-bond donors (Lipinski definition) is 3. The summed E-state index contributed by atoms with van der Waals surface area (Å²) in [5.41, 5.74) is 9.62. The Morgan fingerprint density at radius 1 is 1.20 bits per heavy atom. The molecule has 132 valence electrons. The Bertz CT molecular complexity index is 993. The highest BCUT2D eigenvalue weighted by atomic mass is 16.5. The Balaban J connectivity index is 2.15. The highest BCUT2D eigenvalue weighted by Gasteiger charge is 2.18. The van der Waals surface area contributed by atoms with E-state index in [1.54, 1.807) is 33.4 Å². The van der Waals surface area contributed by atoms with Gasteiger partial charge in [-0.25, -0.2) is 10.6 Å². The van der Waals surface area contributed by atoms with Gasteiger partial charge in [-0.3, -0.25) is 9.13 Å². The molecule has 0 spiro atoms. The van der Waals surface area contributed by atoms with Crippen LogP contribution in [-0.4, -0.2) is 33.3 Å². The monoisotopic (exact) mass is 345 g/mol. The van der Waals surface area contributed by atoms with E-state index in [0.29, 0.717) is 22.7 Å². The molecule has 2 heterocycles. The molecule has 0 aliphatic carbocycles. The van der Waals surface area contributed by atoms with E-state index < -0.39 is 0 Å². The molecular weight excluding hydrogens is 326 g/mol. The van der Waals surface area contributed by atoms with Crippen LogP contribution in [0.2, 0.25) is 0 Å². The zero-order valence-corrected chi connectivity index (χ0v) is 14.1. The molecule has 1 aromatic carbocycles. The van der Waals surface area contributed by atoms with Crippen LogP contribution in [0.3, 0.4) is 0 Å². The summed E-state index contributed by atoms with van der Waals surface area (Å²) in [7, 11) is 4.74. The molecule has 0 aliphatic heterocycles. The summed E-state index contributed by atoms with van der Waals surface area (Å²) in [6.07, 6.45) is 0. The average molecular weight is 345 g/mol. The fourth-order valence-corrected chi connectivity index (χ4v) is 2.73. The first kappa shape index (κ1) is 16.6. The molecule has 0 bridgehead atoms. The molecule has 0 aliphatic rings. The predicted molar refractivity (Wildman–Crippen MR) is 93.6 cm³/mol. The number of aromatic nitrogens is 4. The van der Waals surface area contributed by atoms with E-state index in [1.165, 1.54) is 9.13 Å². The van der Waals surface area contributed by atoms with Gasteiger partial charge in [-0.15, -0.1) is 0 Å². The predicted octanol–water partition coefficient (Wildman–Crippen LogP) is 0.0633. The Morgan fingerprint density at radius 2 is 1.92 bits per heavy atom. The minimum Gasteiger partial charge on any atom is -0.493 e. The molecule has 25 heavy (non-hydrogen) atoms. The lowest BCUT2D eigenvalue weighted by Crippen LogP contribution is -2.23. The van der Waals surface area contributed by atoms with Gasteiger partial charge in [0.1, 0.15) is 5.52 Å². The Labute approximate surface area is 143 Å². The van der Waals surface area contributed by atoms with Gasteiger partial charge < -0.3 is 20.6 Å². The third-order valence-electron chi connectivity index (χ3n) is 3.92. The van der Waals surface area contributed by atoms with E-state index >= 15 is 0 Å². The summed E-state index contributed by atoms with van der Waals surface area (Å²) in [5, 5.41) is 0. The number of hydrogen-bond acceptors (Lipinski definition) is 8. The van der Waals surface area contributed by atoms with Crippen LogP contribution in [0.25, 0.3) is 11.2 Å². The molecule has 0 atom stereocenters. The first-order valence-corrected chi connectivity index (χ1v) is 7.40. The second-order valence-electron chi connectivity index (χ2n) is 5.36. The number of rotatable bonds is 5. The van der Waals surface area contributed by atoms with Crippen molar-refractivity contribution in [1.82, 2.24) is 19.1 Å². The Morgan fingerprint density at radius 3 is 2.56 bits per heavy atom. The van der Waals surface area contributed by atoms with E-state index in [0.717, 1.165) is 5.56 Å². The molecular formula is C15H19N7O3. The third-order valence-corrected chi connectivity index (χ3v) is 3.92. The summed E-state index contributed by atoms with van der Waals surface area (Å²) >= 11 is 0. The van der Waals surface area contributed by atoms with E-state index in [1.807, 2.05) is 6.07 Å². The third kappa shape index (κ3) is 2.72. The van der Waals surface area contributed by atoms with Gasteiger partial charge in [0.15, 0.2) is 23.0 Å². The molecule has 0 fully saturated rings. The quantitative estimate of drug-likeness (QED) is 0.436. The van der Waals surface area contributed by atoms with Crippen molar-refractivity contribution in [2.45, 2.75) is 6.54 Å². The van der Waals surface area contributed by atoms with E-state index in [9.17, 15) is 4.79 Å². The first-order valence-electron chi connectivity index (χ1n) is 7.40. The van der Waals surface area contributed by atoms with Gasteiger partial charge >= 0.3 is 5.69 Å². The Hall–Kier alpha value is -3.27. The van der Waals surface area contributed by atoms with E-state index in [4.69, 9.17) is 21.1 Å². The van der Waals surface area contributed by atoms with Crippen molar-refractivity contribution in [2.24, 2.45) is 12.9 Å². The summed E-state index contributed by atoms with van der Waals surface area (Å²) in [6, 6.07) is 5.43. The van der Waals surface area contributed by atoms with Crippen LogP contribution in [0, 0.1) is 0 Å². The number of aryl methyl sites for hydroxylation is 1. The molecule has 10 heteroatoms. The van der Waals surface area contributed by atoms with Crippen LogP contribution in [0.15, 0.2) is 23.0 Å². The lowest BCUT2D eigenvalue weighted by molar-refractivity contribution is 0.354. The standard InChI is InChI=1S/C15H19N7O3/c1-21-11-12(20-17)18-14(16)19-13(11)22(15(21)23)7-8-4-5-9(24-2)10(6-8)25-3/h4-6H,7,17H2,1-3H3,(H3,16,18,19,20). The molecule has 0 radical (unpaired) electrons. The molecule has 3 rings (SSSR count). The maximum Gasteiger partial charge on any atom is 0.330 e. The van der Waals surface area contributed by atoms with Gasteiger partial charge in [-0.05, 0) is 17.7 Å². The van der Waals surface area contributed by atoms with Crippen molar-refractivity contribution in [2.75, 3.05) is 25.4 Å². The number of benzene rings is 1. The maximum atomic E-state index is 12.6. The number of methoxy groups -OCH3 is 2. The minimum atomic E-state index is -0.263. The van der Waals surface area contributed by atoms with Crippen molar-refractivity contribution in [3.63, 3.8) is 0 Å². The highest BCUT2D eigenvalue weighted by Crippen LogP contribution is 2.28. The largest absolute Gasteiger partial charge is 0.493 e. The zero-order valence-electron chi connectivity index (χ0n) is 14.1. The lowest BCUT2D eigenvalue weighted by atomic mass is 10.2. The van der Waals surface area contributed by atoms with Crippen LogP contribution in [0.1, 0.15) is 5.56 Å². The van der Waals surface area contributed by atoms with Gasteiger partial charge in [0.25, 0.3) is 0 Å². The summed E-state index contributed by atoms with van der Waals surface area (Å²) in [6.45, 7) is 0.275. The number of hydrazine groups is 1. The van der Waals surface area contributed by atoms with Crippen molar-refractivity contribution in [1.29, 1.82) is 0 Å². The molecule has 0 amide bonds. The topological polar surface area (TPSA) is 135 Å². The number of imidazole rings is 1. The van der Waals surface area contributed by atoms with Crippen LogP contribution in [0.5, 0.6) is 11.5 Å². The summed E-state index contributed by atoms with van der Waals surface area (Å²) < 4.78 is 13.4. The molecule has 3 aromatic rings. The molecule has 5 N–H and O–H groups in total. The van der Waals surface area contributed by atoms with Gasteiger partial charge in [-0.2, -0.15) is 9.97 Å². The highest BCUT2D eigenvalue weighted by molar-refractivity contribution is 5.84. The van der Waals surface area contributed by atoms with Gasteiger partial charge in [0.05, 0.1) is 20.8 Å². The molecule has 10 nitrogen and oxygen atoms in total. The minimum absolute atomic E-state index is 0.0205. The number of fused-ring (bicyclic) bond motifs is 1. The summed E-state index contributed by atoms with van der Waals surface area (Å²) in [5.74, 6) is 6.98. The Kier molecular flexibility index (Phi) is 4.19. The van der Waals surface area contributed by atoms with Gasteiger partial charge in [0.2, 0.25) is 5.95 Å². The van der Waals surface area contributed by atoms with Gasteiger partial charge in [0, 0.05) is 7.05 Å². The maximum absolute atomic E-state index is 12.6. The molecule has 0 saturated carbocycles. The fraction of sp³-hybridized carbons (Fsp3) is 0.267. The van der Waals surface area contributed by atoms with E-state index in [-0.39, 0.29) is 24.0 Å². The second kappa shape index (κ2) is 6.32. The van der Waals surface area contributed by atoms with Crippen LogP contribution < -0.4 is 32.2 Å². The number of nitrogens with one attached hydrogen (secondary N) is 1. The van der Waals surface area contributed by atoms with E-state index in [2.05, 4.69) is 15.4 Å². The molecule has 0 saturated heterocycles. The SMILES string of the molecule is COc1ccc(Cn2c(=O)n(C)c3c(NN)nc(N)nc32)cc1OC. The van der Waals surface area contributed by atoms with Crippen molar-refractivity contribution < 1.29 is 9.47 Å². The number of anilines is 2. The smallest absolute Gasteiger partial charge is 0.330 e. The summed E-state index contributed by atoms with van der Waals surface area (Å²) in [4.78, 5) is 20.9. The number of ether oxygens (including phenoxy) is 2. The number of nitrogen functional groups attached to an aromatic ring is 2. The van der Waals surface area contributed by atoms with Crippen molar-refractivity contribution in [3.8, 4) is 11.5 Å². The number of nitrogens with two attached hydrogens (primary N) is 2. The second-order valence-corrected chi connectivity index (χ2v) is 5.36. The average Bonchev–Trinajstić information content (AvgIpc) is 2.85.